The van der Waals surface area contributed by atoms with Crippen LogP contribution in [-0.4, -0.2) is 38.2 Å². The molecule has 1 fully saturated rings. The molecule has 1 aliphatic heterocycles. The van der Waals surface area contributed by atoms with Crippen LogP contribution in [-0.2, 0) is 25.5 Å². The Morgan fingerprint density at radius 1 is 1.36 bits per heavy atom. The SMILES string of the molecule is COC(=O)[C@H](Cc1c(C)cccc1C)NC(=O)[C@@H]1CCOC1. The fourth-order valence-corrected chi connectivity index (χ4v) is 2.74. The predicted molar refractivity (Wildman–Crippen MR) is 82.5 cm³/mol. The van der Waals surface area contributed by atoms with Crippen molar-refractivity contribution in [3.63, 3.8) is 0 Å². The number of hydrogen-bond acceptors (Lipinski definition) is 4. The fraction of sp³-hybridized carbons (Fsp3) is 0.529. The summed E-state index contributed by atoms with van der Waals surface area (Å²) in [5.74, 6) is -0.737. The van der Waals surface area contributed by atoms with Gasteiger partial charge < -0.3 is 14.8 Å². The average molecular weight is 305 g/mol. The molecule has 0 saturated carbocycles. The summed E-state index contributed by atoms with van der Waals surface area (Å²) >= 11 is 0. The standard InChI is InChI=1S/C17H23NO4/c1-11-5-4-6-12(2)14(11)9-15(17(20)21-3)18-16(19)13-7-8-22-10-13/h4-6,13,15H,7-10H2,1-3H3,(H,18,19)/t13-,15+/m1/s1. The van der Waals surface area contributed by atoms with Gasteiger partial charge in [-0.1, -0.05) is 18.2 Å². The van der Waals surface area contributed by atoms with Gasteiger partial charge in [0.25, 0.3) is 0 Å². The van der Waals surface area contributed by atoms with Gasteiger partial charge in [0.2, 0.25) is 5.91 Å². The Morgan fingerprint density at radius 3 is 2.59 bits per heavy atom. The lowest BCUT2D eigenvalue weighted by atomic mass is 9.96. The molecule has 120 valence electrons. The summed E-state index contributed by atoms with van der Waals surface area (Å²) in [6.45, 7) is 5.02. The Kier molecular flexibility index (Phi) is 5.55. The van der Waals surface area contributed by atoms with Crippen molar-refractivity contribution in [2.45, 2.75) is 32.7 Å². The van der Waals surface area contributed by atoms with Gasteiger partial charge in [-0.05, 0) is 37.0 Å². The molecule has 22 heavy (non-hydrogen) atoms. The van der Waals surface area contributed by atoms with Crippen molar-refractivity contribution >= 4 is 11.9 Å². The highest BCUT2D eigenvalue weighted by molar-refractivity contribution is 5.86. The van der Waals surface area contributed by atoms with E-state index < -0.39 is 12.0 Å². The zero-order valence-electron chi connectivity index (χ0n) is 13.3. The third-order valence-electron chi connectivity index (χ3n) is 4.16. The molecule has 2 rings (SSSR count). The number of rotatable bonds is 5. The maximum absolute atomic E-state index is 12.2. The van der Waals surface area contributed by atoms with E-state index in [0.29, 0.717) is 26.1 Å². The molecule has 0 radical (unpaired) electrons. The first-order valence-electron chi connectivity index (χ1n) is 7.54. The monoisotopic (exact) mass is 305 g/mol. The summed E-state index contributed by atoms with van der Waals surface area (Å²) in [5, 5.41) is 2.82. The highest BCUT2D eigenvalue weighted by Crippen LogP contribution is 2.17. The molecule has 1 heterocycles. The van der Waals surface area contributed by atoms with Gasteiger partial charge in [0.1, 0.15) is 6.04 Å². The molecule has 1 aliphatic rings. The van der Waals surface area contributed by atoms with Crippen LogP contribution in [0.5, 0.6) is 0 Å². The van der Waals surface area contributed by atoms with Gasteiger partial charge in [-0.25, -0.2) is 4.79 Å². The van der Waals surface area contributed by atoms with Gasteiger partial charge in [0, 0.05) is 13.0 Å². The molecule has 2 atom stereocenters. The van der Waals surface area contributed by atoms with Crippen LogP contribution in [0.25, 0.3) is 0 Å². The van der Waals surface area contributed by atoms with Gasteiger partial charge in [0.05, 0.1) is 19.6 Å². The molecule has 1 aromatic rings. The Balaban J connectivity index is 2.12. The maximum Gasteiger partial charge on any atom is 0.328 e. The molecule has 1 saturated heterocycles. The second-order valence-corrected chi connectivity index (χ2v) is 5.72. The Bertz CT molecular complexity index is 529. The molecule has 1 amide bonds. The lowest BCUT2D eigenvalue weighted by Gasteiger charge is -2.20. The molecular weight excluding hydrogens is 282 g/mol. The number of carbonyl (C=O) groups excluding carboxylic acids is 2. The smallest absolute Gasteiger partial charge is 0.328 e. The van der Waals surface area contributed by atoms with Crippen molar-refractivity contribution in [2.24, 2.45) is 5.92 Å². The zero-order chi connectivity index (χ0) is 16.1. The van der Waals surface area contributed by atoms with E-state index in [2.05, 4.69) is 5.32 Å². The van der Waals surface area contributed by atoms with E-state index in [1.165, 1.54) is 7.11 Å². The quantitative estimate of drug-likeness (QED) is 0.838. The topological polar surface area (TPSA) is 64.6 Å². The van der Waals surface area contributed by atoms with Gasteiger partial charge in [-0.3, -0.25) is 4.79 Å². The number of esters is 1. The summed E-state index contributed by atoms with van der Waals surface area (Å²) in [5.41, 5.74) is 3.28. The van der Waals surface area contributed by atoms with Crippen molar-refractivity contribution in [3.05, 3.63) is 34.9 Å². The summed E-state index contributed by atoms with van der Waals surface area (Å²) in [4.78, 5) is 24.3. The van der Waals surface area contributed by atoms with Crippen LogP contribution in [0.15, 0.2) is 18.2 Å². The van der Waals surface area contributed by atoms with Crippen LogP contribution in [0.3, 0.4) is 0 Å². The molecule has 0 aromatic heterocycles. The van der Waals surface area contributed by atoms with E-state index in [4.69, 9.17) is 9.47 Å². The zero-order valence-corrected chi connectivity index (χ0v) is 13.3. The highest BCUT2D eigenvalue weighted by Gasteiger charge is 2.29. The molecular formula is C17H23NO4. The first-order chi connectivity index (χ1) is 10.5. The van der Waals surface area contributed by atoms with E-state index in [0.717, 1.165) is 16.7 Å². The normalized spacial score (nSPS) is 18.8. The van der Waals surface area contributed by atoms with Crippen LogP contribution >= 0.6 is 0 Å². The van der Waals surface area contributed by atoms with Gasteiger partial charge >= 0.3 is 5.97 Å². The number of methoxy groups -OCH3 is 1. The van der Waals surface area contributed by atoms with E-state index in [-0.39, 0.29) is 11.8 Å². The Labute approximate surface area is 131 Å². The number of amides is 1. The largest absolute Gasteiger partial charge is 0.467 e. The molecule has 1 N–H and O–H groups in total. The van der Waals surface area contributed by atoms with Gasteiger partial charge in [-0.2, -0.15) is 0 Å². The lowest BCUT2D eigenvalue weighted by Crippen LogP contribution is -2.45. The van der Waals surface area contributed by atoms with Crippen molar-refractivity contribution in [3.8, 4) is 0 Å². The van der Waals surface area contributed by atoms with Crippen LogP contribution in [0.1, 0.15) is 23.1 Å². The summed E-state index contributed by atoms with van der Waals surface area (Å²) in [6, 6.07) is 5.32. The third-order valence-corrected chi connectivity index (χ3v) is 4.16. The number of hydrogen-bond donors (Lipinski definition) is 1. The van der Waals surface area contributed by atoms with E-state index in [1.54, 1.807) is 0 Å². The number of benzene rings is 1. The average Bonchev–Trinajstić information content (AvgIpc) is 3.03. The molecule has 5 heteroatoms. The third kappa shape index (κ3) is 3.85. The van der Waals surface area contributed by atoms with Crippen LogP contribution in [0, 0.1) is 19.8 Å². The Morgan fingerprint density at radius 2 is 2.05 bits per heavy atom. The van der Waals surface area contributed by atoms with E-state index >= 15 is 0 Å². The number of aryl methyl sites for hydroxylation is 2. The second-order valence-electron chi connectivity index (χ2n) is 5.72. The van der Waals surface area contributed by atoms with Crippen LogP contribution in [0.2, 0.25) is 0 Å². The van der Waals surface area contributed by atoms with Crippen LogP contribution < -0.4 is 5.32 Å². The second kappa shape index (κ2) is 7.40. The van der Waals surface area contributed by atoms with Crippen LogP contribution in [0.4, 0.5) is 0 Å². The van der Waals surface area contributed by atoms with E-state index in [1.807, 2.05) is 32.0 Å². The molecule has 0 bridgehead atoms. The molecule has 0 spiro atoms. The predicted octanol–water partition coefficient (Wildman–Crippen LogP) is 1.54. The van der Waals surface area contributed by atoms with Crippen molar-refractivity contribution in [1.29, 1.82) is 0 Å². The molecule has 1 aromatic carbocycles. The van der Waals surface area contributed by atoms with E-state index in [9.17, 15) is 9.59 Å². The molecule has 0 unspecified atom stereocenters. The summed E-state index contributed by atoms with van der Waals surface area (Å²) in [7, 11) is 1.34. The Hall–Kier alpha value is -1.88. The number of ether oxygens (including phenoxy) is 2. The minimum atomic E-state index is -0.669. The number of carbonyl (C=O) groups is 2. The first-order valence-corrected chi connectivity index (χ1v) is 7.54. The maximum atomic E-state index is 12.2. The number of nitrogens with one attached hydrogen (secondary N) is 1. The highest BCUT2D eigenvalue weighted by atomic mass is 16.5. The lowest BCUT2D eigenvalue weighted by molar-refractivity contribution is -0.145. The fourth-order valence-electron chi connectivity index (χ4n) is 2.74. The van der Waals surface area contributed by atoms with Gasteiger partial charge in [-0.15, -0.1) is 0 Å². The van der Waals surface area contributed by atoms with Crippen molar-refractivity contribution in [2.75, 3.05) is 20.3 Å². The minimum Gasteiger partial charge on any atom is -0.467 e. The minimum absolute atomic E-state index is 0.140. The molecule has 0 aliphatic carbocycles. The van der Waals surface area contributed by atoms with Crippen molar-refractivity contribution in [1.82, 2.24) is 5.32 Å². The summed E-state index contributed by atoms with van der Waals surface area (Å²) < 4.78 is 10.1. The van der Waals surface area contributed by atoms with Gasteiger partial charge in [0.15, 0.2) is 0 Å². The van der Waals surface area contributed by atoms with Crippen molar-refractivity contribution < 1.29 is 19.1 Å². The summed E-state index contributed by atoms with van der Waals surface area (Å²) in [6.07, 6.45) is 1.13. The first kappa shape index (κ1) is 16.5. The molecule has 5 nitrogen and oxygen atoms in total.